The summed E-state index contributed by atoms with van der Waals surface area (Å²) in [4.78, 5) is 18.7. The molecule has 1 atom stereocenters. The minimum Gasteiger partial charge on any atom is -0.384 e. The lowest BCUT2D eigenvalue weighted by atomic mass is 9.98. The Balaban J connectivity index is 1.60. The van der Waals surface area contributed by atoms with Crippen molar-refractivity contribution in [3.05, 3.63) is 40.4 Å². The topological polar surface area (TPSA) is 73.1 Å². The van der Waals surface area contributed by atoms with Crippen molar-refractivity contribution in [3.63, 3.8) is 0 Å². The molecule has 3 heterocycles. The molecule has 1 amide bonds. The molecule has 2 aromatic rings. The first kappa shape index (κ1) is 16.5. The summed E-state index contributed by atoms with van der Waals surface area (Å²) >= 11 is 5.92. The van der Waals surface area contributed by atoms with Gasteiger partial charge in [-0.05, 0) is 30.9 Å². The third kappa shape index (κ3) is 3.39. The van der Waals surface area contributed by atoms with Gasteiger partial charge < -0.3 is 9.64 Å². The van der Waals surface area contributed by atoms with Gasteiger partial charge in [0, 0.05) is 26.1 Å². The summed E-state index contributed by atoms with van der Waals surface area (Å²) in [5.74, 6) is 0.626. The van der Waals surface area contributed by atoms with E-state index in [0.29, 0.717) is 36.5 Å². The lowest BCUT2D eigenvalue weighted by molar-refractivity contribution is 0.0666. The van der Waals surface area contributed by atoms with Gasteiger partial charge >= 0.3 is 0 Å². The lowest BCUT2D eigenvalue weighted by Gasteiger charge is -2.32. The zero-order valence-corrected chi connectivity index (χ0v) is 14.8. The number of carbonyl (C=O) groups is 1. The smallest absolute Gasteiger partial charge is 0.272 e. The number of rotatable bonds is 5. The summed E-state index contributed by atoms with van der Waals surface area (Å²) in [6.45, 7) is 2.43. The molecule has 1 aliphatic carbocycles. The minimum absolute atomic E-state index is 0.0608. The number of methoxy groups -OCH3 is 1. The van der Waals surface area contributed by atoms with Crippen LogP contribution >= 0.6 is 11.6 Å². The van der Waals surface area contributed by atoms with Gasteiger partial charge in [0.25, 0.3) is 5.91 Å². The molecule has 1 saturated carbocycles. The van der Waals surface area contributed by atoms with Crippen LogP contribution in [0.25, 0.3) is 0 Å². The highest BCUT2D eigenvalue weighted by atomic mass is 35.5. The molecule has 8 heteroatoms. The highest BCUT2D eigenvalue weighted by Gasteiger charge is 2.35. The van der Waals surface area contributed by atoms with Crippen LogP contribution in [0, 0.1) is 5.92 Å². The van der Waals surface area contributed by atoms with E-state index in [2.05, 4.69) is 15.3 Å². The number of hydrogen-bond donors (Lipinski definition) is 0. The van der Waals surface area contributed by atoms with Crippen LogP contribution in [-0.4, -0.2) is 51.0 Å². The van der Waals surface area contributed by atoms with Gasteiger partial charge in [-0.25, -0.2) is 9.67 Å². The first-order valence-corrected chi connectivity index (χ1v) is 8.86. The molecule has 2 aromatic heterocycles. The van der Waals surface area contributed by atoms with Gasteiger partial charge in [0.2, 0.25) is 0 Å². The molecule has 0 saturated heterocycles. The predicted molar refractivity (Wildman–Crippen MR) is 91.4 cm³/mol. The summed E-state index contributed by atoms with van der Waals surface area (Å²) in [7, 11) is 1.67. The molecule has 0 spiro atoms. The summed E-state index contributed by atoms with van der Waals surface area (Å²) in [5, 5.41) is 8.97. The number of nitrogens with zero attached hydrogens (tertiary/aromatic N) is 5. The molecule has 1 unspecified atom stereocenters. The average Bonchev–Trinajstić information content (AvgIpc) is 3.33. The first-order valence-electron chi connectivity index (χ1n) is 8.48. The Bertz CT molecular complexity index is 789. The molecule has 4 rings (SSSR count). The van der Waals surface area contributed by atoms with Crippen LogP contribution in [0.15, 0.2) is 18.2 Å². The molecule has 1 aliphatic heterocycles. The van der Waals surface area contributed by atoms with Gasteiger partial charge in [0.05, 0.1) is 18.8 Å². The molecule has 0 radical (unpaired) electrons. The van der Waals surface area contributed by atoms with E-state index < -0.39 is 0 Å². The van der Waals surface area contributed by atoms with Crippen molar-refractivity contribution < 1.29 is 9.53 Å². The van der Waals surface area contributed by atoms with E-state index in [0.717, 1.165) is 17.9 Å². The Labute approximate surface area is 150 Å². The number of hydrogen-bond acceptors (Lipinski definition) is 5. The Morgan fingerprint density at radius 2 is 2.24 bits per heavy atom. The molecule has 0 aromatic carbocycles. The lowest BCUT2D eigenvalue weighted by Crippen LogP contribution is -2.40. The van der Waals surface area contributed by atoms with Gasteiger partial charge in [-0.1, -0.05) is 22.9 Å². The van der Waals surface area contributed by atoms with Crippen molar-refractivity contribution in [2.24, 2.45) is 5.92 Å². The van der Waals surface area contributed by atoms with Crippen LogP contribution < -0.4 is 0 Å². The predicted octanol–water partition coefficient (Wildman–Crippen LogP) is 2.12. The normalized spacial score (nSPS) is 19.8. The van der Waals surface area contributed by atoms with Crippen LogP contribution in [0.3, 0.4) is 0 Å². The molecule has 1 fully saturated rings. The molecule has 132 valence electrons. The maximum absolute atomic E-state index is 12.8. The van der Waals surface area contributed by atoms with Crippen molar-refractivity contribution in [2.75, 3.05) is 20.3 Å². The first-order chi connectivity index (χ1) is 12.2. The number of halogens is 1. The highest BCUT2D eigenvalue weighted by molar-refractivity contribution is 6.29. The van der Waals surface area contributed by atoms with Gasteiger partial charge in [-0.3, -0.25) is 4.79 Å². The van der Waals surface area contributed by atoms with Crippen LogP contribution in [0.4, 0.5) is 0 Å². The van der Waals surface area contributed by atoms with Gasteiger partial charge in [-0.15, -0.1) is 5.10 Å². The highest BCUT2D eigenvalue weighted by Crippen LogP contribution is 2.34. The van der Waals surface area contributed by atoms with Gasteiger partial charge in [0.1, 0.15) is 16.5 Å². The largest absolute Gasteiger partial charge is 0.384 e. The standard InChI is InChI=1S/C17H20ClN5O2/c1-25-10-12-8-22(17(24)13-3-2-4-15(18)19-13)9-14-16(12)23(21-20-14)7-11-5-6-11/h2-4,11-12H,5-10H2,1H3. The van der Waals surface area contributed by atoms with E-state index in [1.807, 2.05) is 4.68 Å². The number of fused-ring (bicyclic) bond motifs is 1. The quantitative estimate of drug-likeness (QED) is 0.763. The SMILES string of the molecule is COCC1CN(C(=O)c2cccc(Cl)n2)Cc2nnn(CC3CC3)c21. The number of carbonyl (C=O) groups excluding carboxylic acids is 1. The third-order valence-corrected chi connectivity index (χ3v) is 4.94. The Hall–Kier alpha value is -1.99. The molecule has 0 N–H and O–H groups in total. The Morgan fingerprint density at radius 3 is 2.96 bits per heavy atom. The van der Waals surface area contributed by atoms with E-state index in [9.17, 15) is 4.79 Å². The minimum atomic E-state index is -0.147. The fraction of sp³-hybridized carbons (Fsp3) is 0.529. The van der Waals surface area contributed by atoms with Crippen molar-refractivity contribution >= 4 is 17.5 Å². The fourth-order valence-electron chi connectivity index (χ4n) is 3.37. The van der Waals surface area contributed by atoms with Crippen LogP contribution in [0.2, 0.25) is 5.15 Å². The van der Waals surface area contributed by atoms with Crippen molar-refractivity contribution in [1.82, 2.24) is 24.9 Å². The number of pyridine rings is 1. The molecule has 25 heavy (non-hydrogen) atoms. The monoisotopic (exact) mass is 361 g/mol. The van der Waals surface area contributed by atoms with Crippen molar-refractivity contribution in [2.45, 2.75) is 31.8 Å². The van der Waals surface area contributed by atoms with E-state index in [1.54, 1.807) is 30.2 Å². The average molecular weight is 362 g/mol. The maximum atomic E-state index is 12.8. The molecule has 7 nitrogen and oxygen atoms in total. The van der Waals surface area contributed by atoms with Crippen molar-refractivity contribution in [3.8, 4) is 0 Å². The van der Waals surface area contributed by atoms with Crippen LogP contribution in [0.5, 0.6) is 0 Å². The second-order valence-corrected chi connectivity index (χ2v) is 7.12. The summed E-state index contributed by atoms with van der Waals surface area (Å²) in [5.41, 5.74) is 2.30. The Morgan fingerprint density at radius 1 is 1.40 bits per heavy atom. The second kappa shape index (κ2) is 6.72. The fourth-order valence-corrected chi connectivity index (χ4v) is 3.53. The summed E-state index contributed by atoms with van der Waals surface area (Å²) in [6.07, 6.45) is 2.52. The number of ether oxygens (including phenoxy) is 1. The zero-order valence-electron chi connectivity index (χ0n) is 14.1. The van der Waals surface area contributed by atoms with Crippen LogP contribution in [0.1, 0.15) is 40.6 Å². The number of aromatic nitrogens is 4. The zero-order chi connectivity index (χ0) is 17.4. The molecule has 2 aliphatic rings. The molecular formula is C17H20ClN5O2. The van der Waals surface area contributed by atoms with E-state index in [4.69, 9.17) is 16.3 Å². The summed E-state index contributed by atoms with van der Waals surface area (Å²) in [6, 6.07) is 5.07. The Kier molecular flexibility index (Phi) is 4.43. The molecule has 0 bridgehead atoms. The van der Waals surface area contributed by atoms with Crippen molar-refractivity contribution in [1.29, 1.82) is 0 Å². The number of amides is 1. The van der Waals surface area contributed by atoms with E-state index in [1.165, 1.54) is 12.8 Å². The summed E-state index contributed by atoms with van der Waals surface area (Å²) < 4.78 is 7.40. The second-order valence-electron chi connectivity index (χ2n) is 6.73. The van der Waals surface area contributed by atoms with Gasteiger partial charge in [0.15, 0.2) is 0 Å². The maximum Gasteiger partial charge on any atom is 0.272 e. The third-order valence-electron chi connectivity index (χ3n) is 4.73. The van der Waals surface area contributed by atoms with Gasteiger partial charge in [-0.2, -0.15) is 0 Å². The van der Waals surface area contributed by atoms with E-state index >= 15 is 0 Å². The van der Waals surface area contributed by atoms with Crippen LogP contribution in [-0.2, 0) is 17.8 Å². The molecular weight excluding hydrogens is 342 g/mol. The van der Waals surface area contributed by atoms with E-state index in [-0.39, 0.29) is 11.8 Å².